The van der Waals surface area contributed by atoms with Crippen molar-refractivity contribution < 1.29 is 14.4 Å². The third-order valence-corrected chi connectivity index (χ3v) is 4.35. The molecule has 2 N–H and O–H groups in total. The Hall–Kier alpha value is -2.94. The van der Waals surface area contributed by atoms with Gasteiger partial charge in [0.05, 0.1) is 17.9 Å². The molecule has 9 nitrogen and oxygen atoms in total. The Labute approximate surface area is 164 Å². The highest BCUT2D eigenvalue weighted by Gasteiger charge is 2.27. The molecular formula is C19H26N6O3. The fraction of sp³-hybridized carbons (Fsp3) is 0.474. The summed E-state index contributed by atoms with van der Waals surface area (Å²) in [7, 11) is 5.53. The van der Waals surface area contributed by atoms with Crippen molar-refractivity contribution in [1.82, 2.24) is 20.1 Å². The van der Waals surface area contributed by atoms with Crippen LogP contribution >= 0.6 is 0 Å². The molecule has 28 heavy (non-hydrogen) atoms. The molecule has 2 aromatic rings. The SMILES string of the molecule is CO/N=C1\CCCc2[nH]nc(C(=O)Nc3cccc(OCCCN(C)C)n3)c21. The van der Waals surface area contributed by atoms with Crippen LogP contribution in [0.2, 0.25) is 0 Å². The minimum atomic E-state index is -0.347. The fourth-order valence-corrected chi connectivity index (χ4v) is 3.09. The smallest absolute Gasteiger partial charge is 0.278 e. The number of amides is 1. The van der Waals surface area contributed by atoms with Crippen LogP contribution in [0.3, 0.4) is 0 Å². The number of fused-ring (bicyclic) bond motifs is 1. The highest BCUT2D eigenvalue weighted by atomic mass is 16.6. The molecule has 0 unspecified atom stereocenters. The highest BCUT2D eigenvalue weighted by Crippen LogP contribution is 2.24. The number of aryl methyl sites for hydroxylation is 1. The van der Waals surface area contributed by atoms with E-state index >= 15 is 0 Å². The largest absolute Gasteiger partial charge is 0.478 e. The maximum Gasteiger partial charge on any atom is 0.278 e. The van der Waals surface area contributed by atoms with Gasteiger partial charge in [-0.25, -0.2) is 0 Å². The molecule has 1 aliphatic carbocycles. The lowest BCUT2D eigenvalue weighted by molar-refractivity contribution is 0.102. The molecule has 0 aromatic carbocycles. The molecule has 0 bridgehead atoms. The standard InChI is InChI=1S/C19H26N6O3/c1-25(2)11-6-12-28-16-10-5-9-15(20-16)21-19(26)18-17-13(22-23-18)7-4-8-14(17)24-27-3/h5,9-10H,4,6-8,11-12H2,1-3H3,(H,22,23)(H,20,21,26)/b24-14+. The third-order valence-electron chi connectivity index (χ3n) is 4.35. The first kappa shape index (κ1) is 19.8. The number of nitrogens with one attached hydrogen (secondary N) is 2. The fourth-order valence-electron chi connectivity index (χ4n) is 3.09. The zero-order chi connectivity index (χ0) is 19.9. The molecule has 1 amide bonds. The third kappa shape index (κ3) is 4.86. The summed E-state index contributed by atoms with van der Waals surface area (Å²) in [5.74, 6) is 0.538. The lowest BCUT2D eigenvalue weighted by Gasteiger charge is -2.13. The van der Waals surface area contributed by atoms with E-state index in [1.54, 1.807) is 18.2 Å². The van der Waals surface area contributed by atoms with Gasteiger partial charge in [0.15, 0.2) is 5.69 Å². The number of aromatic amines is 1. The van der Waals surface area contributed by atoms with Crippen LogP contribution in [-0.2, 0) is 11.3 Å². The zero-order valence-electron chi connectivity index (χ0n) is 16.5. The first-order valence-electron chi connectivity index (χ1n) is 9.32. The Balaban J connectivity index is 1.68. The quantitative estimate of drug-likeness (QED) is 0.532. The van der Waals surface area contributed by atoms with Crippen LogP contribution < -0.4 is 10.1 Å². The minimum Gasteiger partial charge on any atom is -0.478 e. The van der Waals surface area contributed by atoms with Gasteiger partial charge >= 0.3 is 0 Å². The molecule has 0 radical (unpaired) electrons. The van der Waals surface area contributed by atoms with E-state index in [0.717, 1.165) is 49.2 Å². The van der Waals surface area contributed by atoms with Crippen molar-refractivity contribution >= 4 is 17.4 Å². The number of carbonyl (C=O) groups excluding carboxylic acids is 1. The number of nitrogens with zero attached hydrogens (tertiary/aromatic N) is 4. The summed E-state index contributed by atoms with van der Waals surface area (Å²) in [4.78, 5) is 24.1. The maximum absolute atomic E-state index is 12.8. The molecule has 9 heteroatoms. The number of pyridine rings is 1. The zero-order valence-corrected chi connectivity index (χ0v) is 16.5. The summed E-state index contributed by atoms with van der Waals surface area (Å²) in [5.41, 5.74) is 2.65. The van der Waals surface area contributed by atoms with E-state index in [2.05, 4.69) is 30.6 Å². The van der Waals surface area contributed by atoms with Gasteiger partial charge in [-0.15, -0.1) is 0 Å². The number of rotatable bonds is 8. The number of oxime groups is 1. The van der Waals surface area contributed by atoms with Crippen molar-refractivity contribution in [2.45, 2.75) is 25.7 Å². The first-order valence-corrected chi connectivity index (χ1v) is 9.32. The molecule has 2 aromatic heterocycles. The summed E-state index contributed by atoms with van der Waals surface area (Å²) in [6.07, 6.45) is 3.40. The average molecular weight is 386 g/mol. The highest BCUT2D eigenvalue weighted by molar-refractivity contribution is 6.13. The van der Waals surface area contributed by atoms with Gasteiger partial charge in [-0.2, -0.15) is 10.1 Å². The van der Waals surface area contributed by atoms with Crippen molar-refractivity contribution in [2.75, 3.05) is 39.7 Å². The Morgan fingerprint density at radius 3 is 3.00 bits per heavy atom. The van der Waals surface area contributed by atoms with Crippen LogP contribution in [0, 0.1) is 0 Å². The number of hydrogen-bond donors (Lipinski definition) is 2. The molecule has 0 saturated heterocycles. The lowest BCUT2D eigenvalue weighted by Crippen LogP contribution is -2.20. The summed E-state index contributed by atoms with van der Waals surface area (Å²) in [6, 6.07) is 5.28. The Morgan fingerprint density at radius 1 is 1.36 bits per heavy atom. The minimum absolute atomic E-state index is 0.296. The van der Waals surface area contributed by atoms with Gasteiger partial charge in [0.2, 0.25) is 5.88 Å². The number of aromatic nitrogens is 3. The number of carbonyl (C=O) groups is 1. The van der Waals surface area contributed by atoms with Crippen LogP contribution in [0.15, 0.2) is 23.4 Å². The van der Waals surface area contributed by atoms with E-state index in [0.29, 0.717) is 24.0 Å². The van der Waals surface area contributed by atoms with Gasteiger partial charge in [0, 0.05) is 18.3 Å². The van der Waals surface area contributed by atoms with E-state index in [1.807, 2.05) is 14.1 Å². The van der Waals surface area contributed by atoms with E-state index in [4.69, 9.17) is 9.57 Å². The van der Waals surface area contributed by atoms with Crippen molar-refractivity contribution in [3.63, 3.8) is 0 Å². The van der Waals surface area contributed by atoms with Crippen LogP contribution in [0.25, 0.3) is 0 Å². The lowest BCUT2D eigenvalue weighted by atomic mass is 9.93. The molecule has 0 atom stereocenters. The molecule has 3 rings (SSSR count). The van der Waals surface area contributed by atoms with Crippen molar-refractivity contribution in [2.24, 2.45) is 5.16 Å². The van der Waals surface area contributed by atoms with Gasteiger partial charge in [0.25, 0.3) is 5.91 Å². The molecule has 2 heterocycles. The van der Waals surface area contributed by atoms with Crippen LogP contribution in [0.5, 0.6) is 5.88 Å². The van der Waals surface area contributed by atoms with Gasteiger partial charge in [-0.05, 0) is 45.8 Å². The van der Waals surface area contributed by atoms with E-state index < -0.39 is 0 Å². The number of anilines is 1. The van der Waals surface area contributed by atoms with Gasteiger partial charge in [0.1, 0.15) is 12.9 Å². The second kappa shape index (κ2) is 9.32. The number of ether oxygens (including phenoxy) is 1. The van der Waals surface area contributed by atoms with Crippen molar-refractivity contribution in [3.05, 3.63) is 35.2 Å². The second-order valence-corrected chi connectivity index (χ2v) is 6.82. The average Bonchev–Trinajstić information content (AvgIpc) is 3.11. The topological polar surface area (TPSA) is 105 Å². The molecule has 1 aliphatic rings. The summed E-state index contributed by atoms with van der Waals surface area (Å²) < 4.78 is 5.66. The summed E-state index contributed by atoms with van der Waals surface area (Å²) >= 11 is 0. The van der Waals surface area contributed by atoms with Crippen LogP contribution in [0.4, 0.5) is 5.82 Å². The van der Waals surface area contributed by atoms with E-state index in [1.165, 1.54) is 7.11 Å². The number of hydrogen-bond acceptors (Lipinski definition) is 7. The first-order chi connectivity index (χ1) is 13.6. The van der Waals surface area contributed by atoms with Gasteiger partial charge in [-0.3, -0.25) is 9.89 Å². The predicted molar refractivity (Wildman–Crippen MR) is 106 cm³/mol. The Kier molecular flexibility index (Phi) is 6.59. The second-order valence-electron chi connectivity index (χ2n) is 6.82. The molecular weight excluding hydrogens is 360 g/mol. The summed E-state index contributed by atoms with van der Waals surface area (Å²) in [6.45, 7) is 1.50. The monoisotopic (exact) mass is 386 g/mol. The molecule has 0 aliphatic heterocycles. The van der Waals surface area contributed by atoms with E-state index in [-0.39, 0.29) is 5.91 Å². The molecule has 150 valence electrons. The molecule has 0 saturated carbocycles. The Morgan fingerprint density at radius 2 is 2.21 bits per heavy atom. The van der Waals surface area contributed by atoms with Crippen LogP contribution in [-0.4, -0.2) is 66.1 Å². The number of H-pyrrole nitrogens is 1. The van der Waals surface area contributed by atoms with Gasteiger partial charge < -0.3 is 19.8 Å². The predicted octanol–water partition coefficient (Wildman–Crippen LogP) is 2.07. The van der Waals surface area contributed by atoms with E-state index in [9.17, 15) is 4.79 Å². The van der Waals surface area contributed by atoms with Crippen molar-refractivity contribution in [1.29, 1.82) is 0 Å². The van der Waals surface area contributed by atoms with Crippen molar-refractivity contribution in [3.8, 4) is 5.88 Å². The van der Waals surface area contributed by atoms with Crippen LogP contribution in [0.1, 0.15) is 41.0 Å². The maximum atomic E-state index is 12.8. The molecule has 0 fully saturated rings. The molecule has 0 spiro atoms. The normalized spacial score (nSPS) is 14.8. The Bertz CT molecular complexity index is 846. The summed E-state index contributed by atoms with van der Waals surface area (Å²) in [5, 5.41) is 14.0. The van der Waals surface area contributed by atoms with Gasteiger partial charge in [-0.1, -0.05) is 11.2 Å².